The highest BCUT2D eigenvalue weighted by Gasteiger charge is 2.24. The molecule has 0 bridgehead atoms. The smallest absolute Gasteiger partial charge is 0.140 e. The third kappa shape index (κ3) is 1.84. The summed E-state index contributed by atoms with van der Waals surface area (Å²) in [5, 5.41) is 18.0. The van der Waals surface area contributed by atoms with Crippen molar-refractivity contribution in [3.05, 3.63) is 29.8 Å². The van der Waals surface area contributed by atoms with E-state index in [-0.39, 0.29) is 6.04 Å². The second kappa shape index (κ2) is 4.65. The van der Waals surface area contributed by atoms with Gasteiger partial charge in [-0.1, -0.05) is 12.1 Å². The Morgan fingerprint density at radius 1 is 1.31 bits per heavy atom. The fraction of sp³-hybridized carbons (Fsp3) is 0.333. The summed E-state index contributed by atoms with van der Waals surface area (Å²) in [6.07, 6.45) is 0. The average Bonchev–Trinajstić information content (AvgIpc) is 2.38. The molecule has 1 heterocycles. The lowest BCUT2D eigenvalue weighted by atomic mass is 10.1. The van der Waals surface area contributed by atoms with Crippen LogP contribution in [0.1, 0.15) is 5.56 Å². The number of para-hydroxylation sites is 1. The van der Waals surface area contributed by atoms with E-state index in [2.05, 4.69) is 12.1 Å². The molecule has 0 saturated carbocycles. The van der Waals surface area contributed by atoms with Gasteiger partial charge < -0.3 is 9.64 Å². The summed E-state index contributed by atoms with van der Waals surface area (Å²) in [7, 11) is 0. The second-order valence-corrected chi connectivity index (χ2v) is 3.54. The van der Waals surface area contributed by atoms with Gasteiger partial charge in [0.05, 0.1) is 30.5 Å². The van der Waals surface area contributed by atoms with Gasteiger partial charge in [-0.3, -0.25) is 0 Å². The normalized spacial score (nSPS) is 19.9. The topological polar surface area (TPSA) is 60.1 Å². The lowest BCUT2D eigenvalue weighted by Crippen LogP contribution is -2.45. The molecule has 16 heavy (non-hydrogen) atoms. The third-order valence-electron chi connectivity index (χ3n) is 2.61. The molecule has 1 fully saturated rings. The van der Waals surface area contributed by atoms with Gasteiger partial charge in [0.2, 0.25) is 0 Å². The summed E-state index contributed by atoms with van der Waals surface area (Å²) >= 11 is 0. The molecule has 1 aromatic carbocycles. The minimum Gasteiger partial charge on any atom is -0.376 e. The zero-order chi connectivity index (χ0) is 11.4. The van der Waals surface area contributed by atoms with Crippen LogP contribution in [-0.2, 0) is 4.74 Å². The van der Waals surface area contributed by atoms with Gasteiger partial charge in [-0.05, 0) is 12.1 Å². The number of nitriles is 2. The molecule has 2 rings (SSSR count). The van der Waals surface area contributed by atoms with E-state index in [4.69, 9.17) is 15.3 Å². The molecule has 1 atom stereocenters. The Hall–Kier alpha value is -2.04. The Morgan fingerprint density at radius 2 is 2.12 bits per heavy atom. The van der Waals surface area contributed by atoms with E-state index < -0.39 is 0 Å². The molecule has 1 unspecified atom stereocenters. The van der Waals surface area contributed by atoms with E-state index in [9.17, 15) is 0 Å². The van der Waals surface area contributed by atoms with Crippen molar-refractivity contribution < 1.29 is 4.74 Å². The molecule has 80 valence electrons. The van der Waals surface area contributed by atoms with Crippen LogP contribution in [0.5, 0.6) is 0 Å². The van der Waals surface area contributed by atoms with Gasteiger partial charge in [-0.2, -0.15) is 10.5 Å². The quantitative estimate of drug-likeness (QED) is 0.705. The predicted molar refractivity (Wildman–Crippen MR) is 58.7 cm³/mol. The van der Waals surface area contributed by atoms with Gasteiger partial charge >= 0.3 is 0 Å². The summed E-state index contributed by atoms with van der Waals surface area (Å²) in [6, 6.07) is 11.4. The van der Waals surface area contributed by atoms with E-state index >= 15 is 0 Å². The molecule has 0 radical (unpaired) electrons. The SMILES string of the molecule is N#Cc1ccccc1N1CCOCC1C#N. The molecule has 1 aliphatic heterocycles. The van der Waals surface area contributed by atoms with Crippen molar-refractivity contribution in [3.8, 4) is 12.1 Å². The average molecular weight is 213 g/mol. The Kier molecular flexibility index (Phi) is 3.05. The highest BCUT2D eigenvalue weighted by atomic mass is 16.5. The van der Waals surface area contributed by atoms with Crippen molar-refractivity contribution in [3.63, 3.8) is 0 Å². The molecule has 0 amide bonds. The minimum atomic E-state index is -0.303. The summed E-state index contributed by atoms with van der Waals surface area (Å²) in [5.74, 6) is 0. The van der Waals surface area contributed by atoms with Gasteiger partial charge in [0.15, 0.2) is 0 Å². The fourth-order valence-corrected chi connectivity index (χ4v) is 1.82. The van der Waals surface area contributed by atoms with E-state index in [1.54, 1.807) is 6.07 Å². The first-order chi connectivity index (χ1) is 7.86. The molecular formula is C12H11N3O. The number of ether oxygens (including phenoxy) is 1. The highest BCUT2D eigenvalue weighted by Crippen LogP contribution is 2.23. The largest absolute Gasteiger partial charge is 0.376 e. The number of benzene rings is 1. The van der Waals surface area contributed by atoms with Crippen molar-refractivity contribution in [2.75, 3.05) is 24.7 Å². The van der Waals surface area contributed by atoms with Crippen LogP contribution in [-0.4, -0.2) is 25.8 Å². The van der Waals surface area contributed by atoms with Crippen molar-refractivity contribution in [1.82, 2.24) is 0 Å². The first-order valence-electron chi connectivity index (χ1n) is 5.10. The standard InChI is InChI=1S/C12H11N3O/c13-7-10-3-1-2-4-12(10)15-5-6-16-9-11(15)8-14/h1-4,11H,5-6,9H2. The maximum absolute atomic E-state index is 9.03. The number of hydrogen-bond donors (Lipinski definition) is 0. The Bertz CT molecular complexity index is 458. The highest BCUT2D eigenvalue weighted by molar-refractivity contribution is 5.60. The summed E-state index contributed by atoms with van der Waals surface area (Å²) < 4.78 is 5.25. The van der Waals surface area contributed by atoms with Crippen molar-refractivity contribution in [2.24, 2.45) is 0 Å². The molecule has 0 aromatic heterocycles. The molecule has 0 spiro atoms. The van der Waals surface area contributed by atoms with Gasteiger partial charge in [0.1, 0.15) is 12.1 Å². The maximum atomic E-state index is 9.03. The number of rotatable bonds is 1. The number of anilines is 1. The van der Waals surface area contributed by atoms with E-state index in [1.165, 1.54) is 0 Å². The molecule has 0 aliphatic carbocycles. The summed E-state index contributed by atoms with van der Waals surface area (Å²) in [4.78, 5) is 1.93. The van der Waals surface area contributed by atoms with E-state index in [0.29, 0.717) is 25.3 Å². The first kappa shape index (κ1) is 10.5. The van der Waals surface area contributed by atoms with Crippen molar-refractivity contribution >= 4 is 5.69 Å². The number of morpholine rings is 1. The first-order valence-corrected chi connectivity index (χ1v) is 5.10. The Labute approximate surface area is 94.3 Å². The van der Waals surface area contributed by atoms with Gasteiger partial charge in [-0.15, -0.1) is 0 Å². The van der Waals surface area contributed by atoms with Crippen molar-refractivity contribution in [2.45, 2.75) is 6.04 Å². The van der Waals surface area contributed by atoms with Gasteiger partial charge in [-0.25, -0.2) is 0 Å². The zero-order valence-electron chi connectivity index (χ0n) is 8.76. The van der Waals surface area contributed by atoms with Gasteiger partial charge in [0.25, 0.3) is 0 Å². The molecule has 4 nitrogen and oxygen atoms in total. The lowest BCUT2D eigenvalue weighted by molar-refractivity contribution is 0.107. The fourth-order valence-electron chi connectivity index (χ4n) is 1.82. The summed E-state index contributed by atoms with van der Waals surface area (Å²) in [5.41, 5.74) is 1.42. The number of nitrogens with zero attached hydrogens (tertiary/aromatic N) is 3. The maximum Gasteiger partial charge on any atom is 0.140 e. The van der Waals surface area contributed by atoms with Crippen LogP contribution >= 0.6 is 0 Å². The molecule has 1 aromatic rings. The van der Waals surface area contributed by atoms with Crippen LogP contribution in [0.2, 0.25) is 0 Å². The van der Waals surface area contributed by atoms with Gasteiger partial charge in [0, 0.05) is 6.54 Å². The summed E-state index contributed by atoms with van der Waals surface area (Å²) in [6.45, 7) is 1.64. The lowest BCUT2D eigenvalue weighted by Gasteiger charge is -2.33. The molecule has 0 N–H and O–H groups in total. The van der Waals surface area contributed by atoms with Crippen LogP contribution in [0.15, 0.2) is 24.3 Å². The van der Waals surface area contributed by atoms with E-state index in [1.807, 2.05) is 23.1 Å². The minimum absolute atomic E-state index is 0.303. The van der Waals surface area contributed by atoms with E-state index in [0.717, 1.165) is 5.69 Å². The van der Waals surface area contributed by atoms with Crippen LogP contribution in [0.4, 0.5) is 5.69 Å². The van der Waals surface area contributed by atoms with Crippen LogP contribution in [0.25, 0.3) is 0 Å². The van der Waals surface area contributed by atoms with Crippen LogP contribution in [0.3, 0.4) is 0 Å². The second-order valence-electron chi connectivity index (χ2n) is 3.54. The third-order valence-corrected chi connectivity index (χ3v) is 2.61. The van der Waals surface area contributed by atoms with Crippen LogP contribution < -0.4 is 4.90 Å². The Morgan fingerprint density at radius 3 is 2.88 bits per heavy atom. The number of hydrogen-bond acceptors (Lipinski definition) is 4. The van der Waals surface area contributed by atoms with Crippen LogP contribution in [0, 0.1) is 22.7 Å². The Balaban J connectivity index is 2.36. The molecule has 1 saturated heterocycles. The zero-order valence-corrected chi connectivity index (χ0v) is 8.76. The molecule has 4 heteroatoms. The molecule has 1 aliphatic rings. The van der Waals surface area contributed by atoms with Crippen molar-refractivity contribution in [1.29, 1.82) is 10.5 Å². The molecular weight excluding hydrogens is 202 g/mol. The monoisotopic (exact) mass is 213 g/mol. The predicted octanol–water partition coefficient (Wildman–Crippen LogP) is 1.29.